The van der Waals surface area contributed by atoms with Crippen LogP contribution >= 0.6 is 11.3 Å². The van der Waals surface area contributed by atoms with Gasteiger partial charge >= 0.3 is 0 Å². The Morgan fingerprint density at radius 3 is 2.70 bits per heavy atom. The summed E-state index contributed by atoms with van der Waals surface area (Å²) in [6, 6.07) is 8.27. The molecule has 0 aliphatic carbocycles. The van der Waals surface area contributed by atoms with E-state index >= 15 is 0 Å². The standard InChI is InChI=1S/C20H26N4O2S/c1-15(25)24-8-4-5-16(13-24)20(26)23-11-9-22(10-12-23)14-19-21-17-6-2-3-7-18(17)27-19/h2-3,6-7,16H,4-5,8-14H2,1H3/p+1/t16-/m1/s1. The van der Waals surface area contributed by atoms with Gasteiger partial charge in [-0.15, -0.1) is 11.3 Å². The van der Waals surface area contributed by atoms with Crippen molar-refractivity contribution in [3.05, 3.63) is 29.3 Å². The Kier molecular flexibility index (Phi) is 5.41. The molecule has 1 atom stereocenters. The molecular weight excluding hydrogens is 360 g/mol. The molecule has 0 bridgehead atoms. The van der Waals surface area contributed by atoms with Gasteiger partial charge in [0.1, 0.15) is 11.6 Å². The highest BCUT2D eigenvalue weighted by Crippen LogP contribution is 2.21. The van der Waals surface area contributed by atoms with Crippen LogP contribution in [0.25, 0.3) is 10.2 Å². The molecule has 1 N–H and O–H groups in total. The van der Waals surface area contributed by atoms with E-state index in [0.29, 0.717) is 6.54 Å². The maximum Gasteiger partial charge on any atom is 0.227 e. The second-order valence-electron chi connectivity index (χ2n) is 7.63. The van der Waals surface area contributed by atoms with Crippen molar-refractivity contribution < 1.29 is 14.5 Å². The number of quaternary nitrogens is 1. The summed E-state index contributed by atoms with van der Waals surface area (Å²) in [5.41, 5.74) is 1.08. The molecule has 2 fully saturated rings. The fourth-order valence-electron chi connectivity index (χ4n) is 4.15. The van der Waals surface area contributed by atoms with E-state index in [0.717, 1.165) is 57.6 Å². The number of nitrogens with zero attached hydrogens (tertiary/aromatic N) is 3. The molecule has 1 aromatic carbocycles. The van der Waals surface area contributed by atoms with Gasteiger partial charge in [0, 0.05) is 20.0 Å². The molecule has 27 heavy (non-hydrogen) atoms. The van der Waals surface area contributed by atoms with E-state index in [1.54, 1.807) is 18.3 Å². The summed E-state index contributed by atoms with van der Waals surface area (Å²) >= 11 is 1.77. The molecule has 0 saturated carbocycles. The predicted molar refractivity (Wildman–Crippen MR) is 106 cm³/mol. The first kappa shape index (κ1) is 18.4. The van der Waals surface area contributed by atoms with E-state index in [4.69, 9.17) is 4.98 Å². The number of carbonyl (C=O) groups is 2. The zero-order valence-corrected chi connectivity index (χ0v) is 16.6. The molecule has 144 valence electrons. The summed E-state index contributed by atoms with van der Waals surface area (Å²) in [5.74, 6) is 0.297. The lowest BCUT2D eigenvalue weighted by atomic mass is 9.96. The van der Waals surface area contributed by atoms with Crippen molar-refractivity contribution >= 4 is 33.4 Å². The summed E-state index contributed by atoms with van der Waals surface area (Å²) in [7, 11) is 0. The number of hydrogen-bond acceptors (Lipinski definition) is 4. The number of piperidine rings is 1. The zero-order chi connectivity index (χ0) is 18.8. The van der Waals surface area contributed by atoms with Crippen molar-refractivity contribution in [1.82, 2.24) is 14.8 Å². The average molecular weight is 388 g/mol. The predicted octanol–water partition coefficient (Wildman–Crippen LogP) is 0.782. The number of benzene rings is 1. The summed E-state index contributed by atoms with van der Waals surface area (Å²) < 4.78 is 1.24. The van der Waals surface area contributed by atoms with Crippen LogP contribution in [0.15, 0.2) is 24.3 Å². The fraction of sp³-hybridized carbons (Fsp3) is 0.550. The molecule has 4 rings (SSSR count). The van der Waals surface area contributed by atoms with Crippen molar-refractivity contribution in [3.8, 4) is 0 Å². The maximum absolute atomic E-state index is 12.9. The monoisotopic (exact) mass is 387 g/mol. The van der Waals surface area contributed by atoms with Gasteiger partial charge in [-0.1, -0.05) is 12.1 Å². The lowest BCUT2D eigenvalue weighted by Gasteiger charge is -2.37. The Morgan fingerprint density at radius 2 is 1.96 bits per heavy atom. The number of carbonyl (C=O) groups excluding carboxylic acids is 2. The van der Waals surface area contributed by atoms with Gasteiger partial charge in [-0.2, -0.15) is 0 Å². The molecule has 2 aliphatic rings. The zero-order valence-electron chi connectivity index (χ0n) is 15.8. The van der Waals surface area contributed by atoms with E-state index in [1.165, 1.54) is 14.6 Å². The molecule has 7 heteroatoms. The lowest BCUT2D eigenvalue weighted by Crippen LogP contribution is -3.13. The molecule has 0 unspecified atom stereocenters. The maximum atomic E-state index is 12.9. The first-order valence-electron chi connectivity index (χ1n) is 9.82. The van der Waals surface area contributed by atoms with Gasteiger partial charge in [-0.25, -0.2) is 4.98 Å². The lowest BCUT2D eigenvalue weighted by molar-refractivity contribution is -0.917. The fourth-order valence-corrected chi connectivity index (χ4v) is 5.19. The smallest absolute Gasteiger partial charge is 0.227 e. The minimum absolute atomic E-state index is 0.0199. The van der Waals surface area contributed by atoms with E-state index in [9.17, 15) is 9.59 Å². The highest BCUT2D eigenvalue weighted by molar-refractivity contribution is 7.18. The van der Waals surface area contributed by atoms with Crippen LogP contribution in [-0.2, 0) is 16.1 Å². The van der Waals surface area contributed by atoms with Crippen molar-refractivity contribution in [2.24, 2.45) is 5.92 Å². The Labute approximate surface area is 163 Å². The molecule has 6 nitrogen and oxygen atoms in total. The Morgan fingerprint density at radius 1 is 1.19 bits per heavy atom. The van der Waals surface area contributed by atoms with Crippen LogP contribution in [-0.4, -0.2) is 65.9 Å². The van der Waals surface area contributed by atoms with E-state index < -0.39 is 0 Å². The van der Waals surface area contributed by atoms with Gasteiger partial charge in [0.05, 0.1) is 42.3 Å². The van der Waals surface area contributed by atoms with Crippen LogP contribution in [0.5, 0.6) is 0 Å². The van der Waals surface area contributed by atoms with Crippen LogP contribution in [0.2, 0.25) is 0 Å². The molecular formula is C20H27N4O2S+. The number of thiazole rings is 1. The number of fused-ring (bicyclic) bond motifs is 1. The van der Waals surface area contributed by atoms with Crippen molar-refractivity contribution in [2.75, 3.05) is 39.3 Å². The van der Waals surface area contributed by atoms with Gasteiger partial charge in [0.2, 0.25) is 11.8 Å². The van der Waals surface area contributed by atoms with Gasteiger partial charge in [0.25, 0.3) is 0 Å². The number of para-hydroxylation sites is 1. The number of hydrogen-bond donors (Lipinski definition) is 1. The van der Waals surface area contributed by atoms with Gasteiger partial charge in [-0.3, -0.25) is 9.59 Å². The molecule has 0 spiro atoms. The summed E-state index contributed by atoms with van der Waals surface area (Å²) in [6.07, 6.45) is 1.83. The third kappa shape index (κ3) is 4.14. The molecule has 0 radical (unpaired) electrons. The van der Waals surface area contributed by atoms with Crippen molar-refractivity contribution in [3.63, 3.8) is 0 Å². The Bertz CT molecular complexity index is 795. The quantitative estimate of drug-likeness (QED) is 0.847. The largest absolute Gasteiger partial charge is 0.342 e. The topological polar surface area (TPSA) is 58.0 Å². The normalized spacial score (nSPS) is 21.6. The number of aromatic nitrogens is 1. The second kappa shape index (κ2) is 7.94. The number of nitrogens with one attached hydrogen (secondary N) is 1. The van der Waals surface area contributed by atoms with E-state index in [-0.39, 0.29) is 17.7 Å². The summed E-state index contributed by atoms with van der Waals surface area (Å²) in [4.78, 5) is 34.6. The summed E-state index contributed by atoms with van der Waals surface area (Å²) in [6.45, 7) is 7.44. The highest BCUT2D eigenvalue weighted by Gasteiger charge is 2.32. The average Bonchev–Trinajstić information content (AvgIpc) is 3.10. The third-order valence-corrected chi connectivity index (χ3v) is 6.77. The number of piperazine rings is 1. The van der Waals surface area contributed by atoms with Crippen LogP contribution in [0, 0.1) is 5.92 Å². The molecule has 2 amide bonds. The summed E-state index contributed by atoms with van der Waals surface area (Å²) in [5, 5.41) is 1.18. The SMILES string of the molecule is CC(=O)N1CCC[C@@H](C(=O)N2CC[NH+](Cc3nc4ccccc4s3)CC2)C1. The Hall–Kier alpha value is -1.99. The van der Waals surface area contributed by atoms with Gasteiger partial charge in [-0.05, 0) is 25.0 Å². The van der Waals surface area contributed by atoms with E-state index in [2.05, 4.69) is 18.2 Å². The highest BCUT2D eigenvalue weighted by atomic mass is 32.1. The molecule has 2 aliphatic heterocycles. The molecule has 2 saturated heterocycles. The van der Waals surface area contributed by atoms with Crippen molar-refractivity contribution in [1.29, 1.82) is 0 Å². The number of amides is 2. The van der Waals surface area contributed by atoms with Crippen LogP contribution in [0.4, 0.5) is 0 Å². The second-order valence-corrected chi connectivity index (χ2v) is 8.75. The number of rotatable bonds is 3. The van der Waals surface area contributed by atoms with Crippen molar-refractivity contribution in [2.45, 2.75) is 26.3 Å². The minimum atomic E-state index is -0.0199. The third-order valence-electron chi connectivity index (χ3n) is 5.74. The minimum Gasteiger partial charge on any atom is -0.342 e. The molecule has 2 aromatic rings. The van der Waals surface area contributed by atoms with Crippen LogP contribution < -0.4 is 4.90 Å². The van der Waals surface area contributed by atoms with Gasteiger partial charge < -0.3 is 14.7 Å². The van der Waals surface area contributed by atoms with Gasteiger partial charge in [0.15, 0.2) is 0 Å². The van der Waals surface area contributed by atoms with Crippen LogP contribution in [0.1, 0.15) is 24.8 Å². The Balaban J connectivity index is 1.30. The number of likely N-dealkylation sites (tertiary alicyclic amines) is 1. The molecule has 3 heterocycles. The van der Waals surface area contributed by atoms with E-state index in [1.807, 2.05) is 15.9 Å². The first-order valence-corrected chi connectivity index (χ1v) is 10.6. The van der Waals surface area contributed by atoms with Crippen LogP contribution in [0.3, 0.4) is 0 Å². The first-order chi connectivity index (χ1) is 13.1. The molecule has 1 aromatic heterocycles.